The Balaban J connectivity index is 2.15. The summed E-state index contributed by atoms with van der Waals surface area (Å²) in [5, 5.41) is 12.9. The van der Waals surface area contributed by atoms with Crippen LogP contribution in [0.5, 0.6) is 0 Å². The van der Waals surface area contributed by atoms with Crippen molar-refractivity contribution in [2.45, 2.75) is 17.2 Å². The molecule has 2 heterocycles. The average Bonchev–Trinajstić information content (AvgIpc) is 2.99. The topological polar surface area (TPSA) is 75.4 Å². The van der Waals surface area contributed by atoms with E-state index in [4.69, 9.17) is 5.11 Å². The third-order valence-corrected chi connectivity index (χ3v) is 6.24. The van der Waals surface area contributed by atoms with Crippen molar-refractivity contribution in [1.82, 2.24) is 14.1 Å². The van der Waals surface area contributed by atoms with Gasteiger partial charge in [0.05, 0.1) is 6.20 Å². The summed E-state index contributed by atoms with van der Waals surface area (Å²) in [6.45, 7) is 0.301. The monoisotopic (exact) mass is 315 g/mol. The van der Waals surface area contributed by atoms with Gasteiger partial charge in [-0.3, -0.25) is 4.68 Å². The molecule has 6 nitrogen and oxygen atoms in total. The van der Waals surface area contributed by atoms with Crippen molar-refractivity contribution in [1.29, 1.82) is 0 Å². The van der Waals surface area contributed by atoms with E-state index < -0.39 is 10.0 Å². The van der Waals surface area contributed by atoms with Crippen LogP contribution < -0.4 is 0 Å². The molecular weight excluding hydrogens is 298 g/mol. The Kier molecular flexibility index (Phi) is 4.59. The van der Waals surface area contributed by atoms with E-state index in [-0.39, 0.29) is 13.2 Å². The molecule has 8 heteroatoms. The molecule has 20 heavy (non-hydrogen) atoms. The minimum atomic E-state index is -3.49. The highest BCUT2D eigenvalue weighted by atomic mass is 32.2. The van der Waals surface area contributed by atoms with E-state index in [0.29, 0.717) is 10.6 Å². The highest BCUT2D eigenvalue weighted by Crippen LogP contribution is 2.25. The van der Waals surface area contributed by atoms with Gasteiger partial charge in [0.1, 0.15) is 4.21 Å². The lowest BCUT2D eigenvalue weighted by Gasteiger charge is -2.14. The Bertz CT molecular complexity index is 676. The molecule has 0 atom stereocenters. The largest absolute Gasteiger partial charge is 0.396 e. The molecule has 2 aromatic rings. The minimum absolute atomic E-state index is 0.0194. The fourth-order valence-electron chi connectivity index (χ4n) is 1.79. The Hall–Kier alpha value is -1.22. The quantitative estimate of drug-likeness (QED) is 0.857. The van der Waals surface area contributed by atoms with Crippen LogP contribution in [0, 0.1) is 0 Å². The Morgan fingerprint density at radius 1 is 1.45 bits per heavy atom. The van der Waals surface area contributed by atoms with E-state index in [9.17, 15) is 8.42 Å². The van der Waals surface area contributed by atoms with Gasteiger partial charge in [0.25, 0.3) is 10.0 Å². The first-order chi connectivity index (χ1) is 9.43. The van der Waals surface area contributed by atoms with Gasteiger partial charge >= 0.3 is 0 Å². The van der Waals surface area contributed by atoms with E-state index in [1.165, 1.54) is 15.6 Å². The van der Waals surface area contributed by atoms with Crippen LogP contribution in [0.3, 0.4) is 0 Å². The molecule has 2 aromatic heterocycles. The molecule has 110 valence electrons. The molecule has 0 saturated carbocycles. The van der Waals surface area contributed by atoms with Crippen LogP contribution in [0.1, 0.15) is 10.4 Å². The normalized spacial score (nSPS) is 12.2. The van der Waals surface area contributed by atoms with Gasteiger partial charge < -0.3 is 5.11 Å². The fourth-order valence-corrected chi connectivity index (χ4v) is 4.50. The van der Waals surface area contributed by atoms with E-state index in [0.717, 1.165) is 10.4 Å². The molecule has 0 aliphatic rings. The minimum Gasteiger partial charge on any atom is -0.396 e. The maximum atomic E-state index is 12.4. The second-order valence-electron chi connectivity index (χ2n) is 4.48. The average molecular weight is 315 g/mol. The van der Waals surface area contributed by atoms with Crippen LogP contribution in [0.4, 0.5) is 0 Å². The summed E-state index contributed by atoms with van der Waals surface area (Å²) in [5.41, 5.74) is 0.839. The number of hydrogen-bond donors (Lipinski definition) is 1. The third kappa shape index (κ3) is 3.26. The molecule has 0 spiro atoms. The van der Waals surface area contributed by atoms with Gasteiger partial charge in [-0.25, -0.2) is 8.42 Å². The van der Waals surface area contributed by atoms with Crippen LogP contribution in [0.15, 0.2) is 28.7 Å². The second kappa shape index (κ2) is 6.04. The summed E-state index contributed by atoms with van der Waals surface area (Å²) in [7, 11) is -0.153. The highest BCUT2D eigenvalue weighted by molar-refractivity contribution is 7.91. The summed E-state index contributed by atoms with van der Waals surface area (Å²) in [5.74, 6) is 0. The smallest absolute Gasteiger partial charge is 0.252 e. The Labute approximate surface area is 122 Å². The second-order valence-corrected chi connectivity index (χ2v) is 7.92. The zero-order valence-corrected chi connectivity index (χ0v) is 13.0. The van der Waals surface area contributed by atoms with Gasteiger partial charge in [-0.15, -0.1) is 11.3 Å². The number of sulfonamides is 1. The SMILES string of the molecule is CN(Cc1cnn(C)c1)S(=O)(=O)c1ccc(CCO)s1. The van der Waals surface area contributed by atoms with E-state index in [1.807, 2.05) is 0 Å². The van der Waals surface area contributed by atoms with Crippen molar-refractivity contribution >= 4 is 21.4 Å². The zero-order valence-electron chi connectivity index (χ0n) is 11.4. The maximum Gasteiger partial charge on any atom is 0.252 e. The highest BCUT2D eigenvalue weighted by Gasteiger charge is 2.23. The molecule has 0 aliphatic heterocycles. The number of aryl methyl sites for hydroxylation is 1. The summed E-state index contributed by atoms with van der Waals surface area (Å²) >= 11 is 1.20. The lowest BCUT2D eigenvalue weighted by Crippen LogP contribution is -2.25. The summed E-state index contributed by atoms with van der Waals surface area (Å²) in [6, 6.07) is 3.33. The van der Waals surface area contributed by atoms with Crippen LogP contribution >= 0.6 is 11.3 Å². The molecular formula is C12H17N3O3S2. The number of aliphatic hydroxyl groups is 1. The molecule has 2 rings (SSSR count). The van der Waals surface area contributed by atoms with Crippen molar-refractivity contribution in [2.24, 2.45) is 7.05 Å². The lowest BCUT2D eigenvalue weighted by atomic mass is 10.4. The molecule has 0 aromatic carbocycles. The maximum absolute atomic E-state index is 12.4. The van der Waals surface area contributed by atoms with Crippen LogP contribution in [0.25, 0.3) is 0 Å². The predicted octanol–water partition coefficient (Wildman–Crippen LogP) is 0.837. The molecule has 0 saturated heterocycles. The first-order valence-corrected chi connectivity index (χ1v) is 8.32. The number of nitrogens with zero attached hydrogens (tertiary/aromatic N) is 3. The number of hydrogen-bond acceptors (Lipinski definition) is 5. The van der Waals surface area contributed by atoms with Gasteiger partial charge in [-0.05, 0) is 12.1 Å². The van der Waals surface area contributed by atoms with Crippen molar-refractivity contribution in [3.63, 3.8) is 0 Å². The summed E-state index contributed by atoms with van der Waals surface area (Å²) in [6.07, 6.45) is 3.92. The van der Waals surface area contributed by atoms with Crippen molar-refractivity contribution in [3.05, 3.63) is 35.0 Å². The predicted molar refractivity (Wildman–Crippen MR) is 77.0 cm³/mol. The fraction of sp³-hybridized carbons (Fsp3) is 0.417. The van der Waals surface area contributed by atoms with Crippen LogP contribution in [0.2, 0.25) is 0 Å². The summed E-state index contributed by atoms with van der Waals surface area (Å²) in [4.78, 5) is 0.862. The Morgan fingerprint density at radius 3 is 2.80 bits per heavy atom. The van der Waals surface area contributed by atoms with E-state index in [2.05, 4.69) is 5.10 Å². The molecule has 0 radical (unpaired) electrons. The van der Waals surface area contributed by atoms with Crippen LogP contribution in [-0.4, -0.2) is 41.3 Å². The lowest BCUT2D eigenvalue weighted by molar-refractivity contribution is 0.300. The molecule has 0 aliphatic carbocycles. The standard InChI is InChI=1S/C12H17N3O3S2/c1-14-8-10(7-13-14)9-15(2)20(17,18)12-4-3-11(19-12)5-6-16/h3-4,7-8,16H,5-6,9H2,1-2H3. The third-order valence-electron chi connectivity index (χ3n) is 2.82. The molecule has 0 bridgehead atoms. The molecule has 1 N–H and O–H groups in total. The molecule has 0 amide bonds. The zero-order chi connectivity index (χ0) is 14.8. The summed E-state index contributed by atoms with van der Waals surface area (Å²) < 4.78 is 28.1. The number of aromatic nitrogens is 2. The van der Waals surface area contributed by atoms with Gasteiger partial charge in [-0.2, -0.15) is 9.40 Å². The van der Waals surface area contributed by atoms with Gasteiger partial charge in [0.15, 0.2) is 0 Å². The van der Waals surface area contributed by atoms with Gasteiger partial charge in [0.2, 0.25) is 0 Å². The van der Waals surface area contributed by atoms with Crippen molar-refractivity contribution < 1.29 is 13.5 Å². The Morgan fingerprint density at radius 2 is 2.20 bits per heavy atom. The first-order valence-electron chi connectivity index (χ1n) is 6.07. The van der Waals surface area contributed by atoms with Crippen molar-refractivity contribution in [3.8, 4) is 0 Å². The van der Waals surface area contributed by atoms with Crippen LogP contribution in [-0.2, 0) is 30.0 Å². The molecule has 0 unspecified atom stereocenters. The van der Waals surface area contributed by atoms with E-state index >= 15 is 0 Å². The molecule has 0 fully saturated rings. The number of aliphatic hydroxyl groups excluding tert-OH is 1. The van der Waals surface area contributed by atoms with Gasteiger partial charge in [0, 0.05) is 50.3 Å². The van der Waals surface area contributed by atoms with Crippen molar-refractivity contribution in [2.75, 3.05) is 13.7 Å². The first kappa shape index (κ1) is 15.2. The van der Waals surface area contributed by atoms with E-state index in [1.54, 1.807) is 43.3 Å². The number of thiophene rings is 1. The number of rotatable bonds is 6. The van der Waals surface area contributed by atoms with Gasteiger partial charge in [-0.1, -0.05) is 0 Å².